The van der Waals surface area contributed by atoms with Crippen molar-refractivity contribution in [3.8, 4) is 0 Å². The van der Waals surface area contributed by atoms with Gasteiger partial charge in [0, 0.05) is 22.3 Å². The molecular formula is C15H14Cl2N4O2. The van der Waals surface area contributed by atoms with Crippen molar-refractivity contribution in [3.63, 3.8) is 0 Å². The minimum absolute atomic E-state index is 0.195. The molecule has 1 amide bonds. The molecule has 2 heterocycles. The predicted molar refractivity (Wildman–Crippen MR) is 89.4 cm³/mol. The highest BCUT2D eigenvalue weighted by Crippen LogP contribution is 2.24. The molecule has 1 fully saturated rings. The first-order valence-corrected chi connectivity index (χ1v) is 7.85. The third-order valence-electron chi connectivity index (χ3n) is 3.27. The second kappa shape index (κ2) is 7.12. The van der Waals surface area contributed by atoms with Gasteiger partial charge in [-0.05, 0) is 43.2 Å². The number of amides is 1. The number of hydrogen-bond acceptors (Lipinski definition) is 5. The number of anilines is 3. The molecule has 1 atom stereocenters. The lowest BCUT2D eigenvalue weighted by molar-refractivity contribution is -0.124. The molecule has 0 bridgehead atoms. The highest BCUT2D eigenvalue weighted by molar-refractivity contribution is 6.35. The van der Waals surface area contributed by atoms with Crippen LogP contribution in [0.15, 0.2) is 30.3 Å². The lowest BCUT2D eigenvalue weighted by atomic mass is 10.2. The summed E-state index contributed by atoms with van der Waals surface area (Å²) in [5.74, 6) is 0.692. The highest BCUT2D eigenvalue weighted by Gasteiger charge is 2.23. The van der Waals surface area contributed by atoms with Gasteiger partial charge in [0.05, 0.1) is 0 Å². The number of aromatic nitrogens is 2. The van der Waals surface area contributed by atoms with Gasteiger partial charge in [0.25, 0.3) is 5.91 Å². The summed E-state index contributed by atoms with van der Waals surface area (Å²) in [6.45, 7) is 0.620. The van der Waals surface area contributed by atoms with Crippen LogP contribution in [-0.4, -0.2) is 28.8 Å². The Morgan fingerprint density at radius 1 is 1.13 bits per heavy atom. The van der Waals surface area contributed by atoms with Gasteiger partial charge in [-0.3, -0.25) is 4.79 Å². The number of carbonyl (C=O) groups is 1. The molecule has 1 aliphatic heterocycles. The average molecular weight is 353 g/mol. The van der Waals surface area contributed by atoms with Crippen molar-refractivity contribution in [2.75, 3.05) is 17.2 Å². The molecule has 6 nitrogen and oxygen atoms in total. The van der Waals surface area contributed by atoms with Crippen molar-refractivity contribution in [1.29, 1.82) is 0 Å². The van der Waals surface area contributed by atoms with Crippen LogP contribution in [0.1, 0.15) is 12.8 Å². The van der Waals surface area contributed by atoms with E-state index in [4.69, 9.17) is 27.9 Å². The summed E-state index contributed by atoms with van der Waals surface area (Å²) >= 11 is 11.9. The van der Waals surface area contributed by atoms with Gasteiger partial charge in [-0.2, -0.15) is 0 Å². The van der Waals surface area contributed by atoms with Gasteiger partial charge >= 0.3 is 0 Å². The summed E-state index contributed by atoms with van der Waals surface area (Å²) in [5, 5.41) is 14.7. The Balaban J connectivity index is 1.63. The summed E-state index contributed by atoms with van der Waals surface area (Å²) in [5.41, 5.74) is 0.702. The number of carbonyl (C=O) groups excluding carboxylic acids is 1. The van der Waals surface area contributed by atoms with E-state index in [0.29, 0.717) is 34.0 Å². The zero-order valence-electron chi connectivity index (χ0n) is 12.1. The Labute approximate surface area is 143 Å². The van der Waals surface area contributed by atoms with Gasteiger partial charge in [0.15, 0.2) is 11.6 Å². The van der Waals surface area contributed by atoms with Crippen molar-refractivity contribution in [1.82, 2.24) is 10.2 Å². The van der Waals surface area contributed by atoms with Gasteiger partial charge < -0.3 is 15.4 Å². The van der Waals surface area contributed by atoms with Crippen LogP contribution in [0.25, 0.3) is 0 Å². The fourth-order valence-electron chi connectivity index (χ4n) is 2.23. The molecule has 120 valence electrons. The van der Waals surface area contributed by atoms with Crippen molar-refractivity contribution in [2.24, 2.45) is 0 Å². The van der Waals surface area contributed by atoms with Crippen LogP contribution in [0.2, 0.25) is 10.0 Å². The second-order valence-corrected chi connectivity index (χ2v) is 5.95. The van der Waals surface area contributed by atoms with E-state index in [1.807, 2.05) is 0 Å². The van der Waals surface area contributed by atoms with Crippen LogP contribution in [0.4, 0.5) is 17.3 Å². The van der Waals surface area contributed by atoms with Gasteiger partial charge in [0.2, 0.25) is 0 Å². The van der Waals surface area contributed by atoms with E-state index in [1.165, 1.54) is 0 Å². The van der Waals surface area contributed by atoms with Crippen LogP contribution in [0.5, 0.6) is 0 Å². The Hall–Kier alpha value is -1.89. The molecule has 2 aromatic rings. The van der Waals surface area contributed by atoms with Gasteiger partial charge in [-0.15, -0.1) is 10.2 Å². The molecule has 1 unspecified atom stereocenters. The van der Waals surface area contributed by atoms with E-state index in [1.54, 1.807) is 30.3 Å². The van der Waals surface area contributed by atoms with Crippen molar-refractivity contribution in [3.05, 3.63) is 40.4 Å². The number of hydrogen-bond donors (Lipinski definition) is 2. The van der Waals surface area contributed by atoms with E-state index in [0.717, 1.165) is 12.8 Å². The molecule has 2 N–H and O–H groups in total. The average Bonchev–Trinajstić information content (AvgIpc) is 3.02. The monoisotopic (exact) mass is 352 g/mol. The summed E-state index contributed by atoms with van der Waals surface area (Å²) < 4.78 is 5.31. The summed E-state index contributed by atoms with van der Waals surface area (Å²) in [6, 6.07) is 8.45. The van der Waals surface area contributed by atoms with Gasteiger partial charge in [-0.1, -0.05) is 23.2 Å². The number of nitrogens with zero attached hydrogens (tertiary/aromatic N) is 2. The Kier molecular flexibility index (Phi) is 4.95. The normalized spacial score (nSPS) is 17.0. The second-order valence-electron chi connectivity index (χ2n) is 5.08. The molecule has 0 aliphatic carbocycles. The fraction of sp³-hybridized carbons (Fsp3) is 0.267. The molecule has 1 aliphatic rings. The summed E-state index contributed by atoms with van der Waals surface area (Å²) in [4.78, 5) is 11.9. The minimum atomic E-state index is -0.400. The van der Waals surface area contributed by atoms with Crippen LogP contribution >= 0.6 is 23.2 Å². The molecular weight excluding hydrogens is 339 g/mol. The Morgan fingerprint density at radius 3 is 2.43 bits per heavy atom. The molecule has 0 radical (unpaired) electrons. The maximum absolute atomic E-state index is 11.9. The molecule has 1 saturated heterocycles. The zero-order chi connectivity index (χ0) is 16.2. The van der Waals surface area contributed by atoms with Gasteiger partial charge in [0.1, 0.15) is 6.10 Å². The summed E-state index contributed by atoms with van der Waals surface area (Å²) in [6.07, 6.45) is 1.23. The van der Waals surface area contributed by atoms with E-state index >= 15 is 0 Å². The van der Waals surface area contributed by atoms with Crippen LogP contribution in [0, 0.1) is 0 Å². The third kappa shape index (κ3) is 4.31. The molecule has 0 spiro atoms. The fourth-order valence-corrected chi connectivity index (χ4v) is 2.76. The van der Waals surface area contributed by atoms with E-state index in [-0.39, 0.29) is 5.91 Å². The third-order valence-corrected chi connectivity index (χ3v) is 3.71. The lowest BCUT2D eigenvalue weighted by Gasteiger charge is -2.10. The maximum Gasteiger partial charge on any atom is 0.254 e. The molecule has 1 aromatic heterocycles. The number of nitrogens with one attached hydrogen (secondary N) is 2. The SMILES string of the molecule is O=C(Nc1ccc(Nc2cc(Cl)cc(Cl)c2)nn1)C1CCCO1. The first kappa shape index (κ1) is 16.0. The number of benzene rings is 1. The molecule has 0 saturated carbocycles. The maximum atomic E-state index is 11.9. The predicted octanol–water partition coefficient (Wildman–Crippen LogP) is 3.64. The smallest absolute Gasteiger partial charge is 0.254 e. The van der Waals surface area contributed by atoms with Crippen LogP contribution < -0.4 is 10.6 Å². The van der Waals surface area contributed by atoms with E-state index in [2.05, 4.69) is 20.8 Å². The van der Waals surface area contributed by atoms with E-state index < -0.39 is 6.10 Å². The Bertz CT molecular complexity index is 683. The van der Waals surface area contributed by atoms with Gasteiger partial charge in [-0.25, -0.2) is 0 Å². The molecule has 1 aromatic carbocycles. The van der Waals surface area contributed by atoms with Crippen molar-refractivity contribution in [2.45, 2.75) is 18.9 Å². The number of rotatable bonds is 4. The largest absolute Gasteiger partial charge is 0.368 e. The number of halogens is 2. The minimum Gasteiger partial charge on any atom is -0.368 e. The van der Waals surface area contributed by atoms with E-state index in [9.17, 15) is 4.79 Å². The van der Waals surface area contributed by atoms with Crippen LogP contribution in [-0.2, 0) is 9.53 Å². The topological polar surface area (TPSA) is 76.1 Å². The quantitative estimate of drug-likeness (QED) is 0.878. The Morgan fingerprint density at radius 2 is 1.83 bits per heavy atom. The summed E-state index contributed by atoms with van der Waals surface area (Å²) in [7, 11) is 0. The van der Waals surface area contributed by atoms with Crippen LogP contribution in [0.3, 0.4) is 0 Å². The van der Waals surface area contributed by atoms with Crippen molar-refractivity contribution < 1.29 is 9.53 Å². The highest BCUT2D eigenvalue weighted by atomic mass is 35.5. The zero-order valence-corrected chi connectivity index (χ0v) is 13.6. The molecule has 3 rings (SSSR count). The van der Waals surface area contributed by atoms with Crippen molar-refractivity contribution >= 4 is 46.4 Å². The number of ether oxygens (including phenoxy) is 1. The lowest BCUT2D eigenvalue weighted by Crippen LogP contribution is -2.27. The first-order chi connectivity index (χ1) is 11.1. The first-order valence-electron chi connectivity index (χ1n) is 7.09. The molecule has 23 heavy (non-hydrogen) atoms. The standard InChI is InChI=1S/C15H14Cl2N4O2/c16-9-6-10(17)8-11(7-9)18-13-3-4-14(21-20-13)19-15(22)12-2-1-5-23-12/h3-4,6-8,12H,1-2,5H2,(H,18,20)(H,19,21,22). The molecule has 8 heteroatoms.